The Hall–Kier alpha value is -2.13. The maximum absolute atomic E-state index is 12.4. The second kappa shape index (κ2) is 9.38. The quantitative estimate of drug-likeness (QED) is 0.505. The van der Waals surface area contributed by atoms with Crippen molar-refractivity contribution in [3.05, 3.63) is 63.1 Å². The Morgan fingerprint density at radius 1 is 1.11 bits per heavy atom. The van der Waals surface area contributed by atoms with E-state index in [0.717, 1.165) is 9.90 Å². The first-order valence-electron chi connectivity index (χ1n) is 8.00. The predicted molar refractivity (Wildman–Crippen MR) is 115 cm³/mol. The molecule has 6 nitrogen and oxygen atoms in total. The van der Waals surface area contributed by atoms with Crippen LogP contribution in [-0.4, -0.2) is 27.8 Å². The number of hydrogen-bond donors (Lipinski definition) is 2. The van der Waals surface area contributed by atoms with E-state index >= 15 is 0 Å². The molecule has 0 aliphatic rings. The normalized spacial score (nSPS) is 10.5. The maximum atomic E-state index is 12.4. The summed E-state index contributed by atoms with van der Waals surface area (Å²) in [7, 11) is 0. The molecule has 3 aromatic rings. The summed E-state index contributed by atoms with van der Waals surface area (Å²) in [4.78, 5) is 25.3. The number of nitrogens with zero attached hydrogens (tertiary/aromatic N) is 2. The Morgan fingerprint density at radius 2 is 1.93 bits per heavy atom. The van der Waals surface area contributed by atoms with Crippen LogP contribution in [0.2, 0.25) is 10.0 Å². The van der Waals surface area contributed by atoms with Gasteiger partial charge in [0.05, 0.1) is 16.3 Å². The van der Waals surface area contributed by atoms with Crippen LogP contribution in [0.4, 0.5) is 10.8 Å². The Morgan fingerprint density at radius 3 is 2.64 bits per heavy atom. The molecule has 0 spiro atoms. The van der Waals surface area contributed by atoms with Gasteiger partial charge in [-0.15, -0.1) is 22.0 Å². The third-order valence-corrected chi connectivity index (χ3v) is 5.71. The summed E-state index contributed by atoms with van der Waals surface area (Å²) < 4.78 is 0. The fraction of sp³-hybridized carbons (Fsp3) is 0.111. The lowest BCUT2D eigenvalue weighted by Crippen LogP contribution is -2.14. The maximum Gasteiger partial charge on any atom is 0.257 e. The number of nitrogens with one attached hydrogen (secondary N) is 2. The van der Waals surface area contributed by atoms with Gasteiger partial charge >= 0.3 is 0 Å². The number of amides is 2. The fourth-order valence-corrected chi connectivity index (χ4v) is 4.04. The molecule has 144 valence electrons. The van der Waals surface area contributed by atoms with Crippen molar-refractivity contribution in [1.29, 1.82) is 0 Å². The van der Waals surface area contributed by atoms with Crippen LogP contribution in [-0.2, 0) is 4.79 Å². The average Bonchev–Trinajstić information content (AvgIpc) is 3.05. The zero-order chi connectivity index (χ0) is 20.1. The van der Waals surface area contributed by atoms with Gasteiger partial charge in [0.2, 0.25) is 11.0 Å². The Kier molecular flexibility index (Phi) is 6.90. The highest BCUT2D eigenvalue weighted by atomic mass is 35.5. The van der Waals surface area contributed by atoms with Crippen molar-refractivity contribution in [1.82, 2.24) is 10.2 Å². The summed E-state index contributed by atoms with van der Waals surface area (Å²) in [5, 5.41) is 15.2. The molecular formula is C18H14Cl2N4O2S2. The predicted octanol–water partition coefficient (Wildman–Crippen LogP) is 5.14. The van der Waals surface area contributed by atoms with Crippen molar-refractivity contribution in [2.75, 3.05) is 16.4 Å². The van der Waals surface area contributed by atoms with E-state index in [-0.39, 0.29) is 22.6 Å². The molecule has 0 bridgehead atoms. The van der Waals surface area contributed by atoms with Gasteiger partial charge in [0.15, 0.2) is 0 Å². The topological polar surface area (TPSA) is 84.0 Å². The molecule has 0 atom stereocenters. The van der Waals surface area contributed by atoms with Crippen LogP contribution in [0.1, 0.15) is 15.4 Å². The summed E-state index contributed by atoms with van der Waals surface area (Å²) >= 11 is 14.6. The summed E-state index contributed by atoms with van der Waals surface area (Å²) in [6.45, 7) is 1.82. The number of thioether (sulfide) groups is 1. The van der Waals surface area contributed by atoms with Gasteiger partial charge in [-0.2, -0.15) is 0 Å². The van der Waals surface area contributed by atoms with Crippen LogP contribution in [0.15, 0.2) is 47.4 Å². The van der Waals surface area contributed by atoms with Gasteiger partial charge < -0.3 is 5.32 Å². The fourth-order valence-electron chi connectivity index (χ4n) is 2.19. The minimum absolute atomic E-state index is 0.177. The van der Waals surface area contributed by atoms with E-state index in [0.29, 0.717) is 21.4 Å². The molecule has 0 fully saturated rings. The smallest absolute Gasteiger partial charge is 0.257 e. The van der Waals surface area contributed by atoms with Crippen LogP contribution in [0.3, 0.4) is 0 Å². The molecule has 0 saturated carbocycles. The third-order valence-electron chi connectivity index (χ3n) is 3.41. The molecule has 2 aromatic carbocycles. The number of anilines is 2. The number of benzene rings is 2. The first-order chi connectivity index (χ1) is 13.4. The molecule has 28 heavy (non-hydrogen) atoms. The van der Waals surface area contributed by atoms with Gasteiger partial charge in [-0.05, 0) is 43.3 Å². The van der Waals surface area contributed by atoms with Gasteiger partial charge in [-0.25, -0.2) is 0 Å². The summed E-state index contributed by atoms with van der Waals surface area (Å²) in [5.74, 6) is -0.310. The highest BCUT2D eigenvalue weighted by Crippen LogP contribution is 2.25. The minimum Gasteiger partial charge on any atom is -0.322 e. The number of rotatable bonds is 6. The molecule has 2 N–H and O–H groups in total. The van der Waals surface area contributed by atoms with Crippen molar-refractivity contribution < 1.29 is 9.59 Å². The number of aromatic nitrogens is 2. The monoisotopic (exact) mass is 452 g/mol. The first-order valence-corrected chi connectivity index (χ1v) is 10.6. The van der Waals surface area contributed by atoms with Crippen LogP contribution >= 0.6 is 46.3 Å². The lowest BCUT2D eigenvalue weighted by molar-refractivity contribution is -0.113. The van der Waals surface area contributed by atoms with E-state index in [1.807, 2.05) is 13.0 Å². The van der Waals surface area contributed by atoms with Gasteiger partial charge in [0.1, 0.15) is 5.01 Å². The molecule has 0 saturated heterocycles. The highest BCUT2D eigenvalue weighted by Gasteiger charge is 2.12. The number of aryl methyl sites for hydroxylation is 1. The molecule has 1 heterocycles. The first kappa shape index (κ1) is 20.6. The van der Waals surface area contributed by atoms with Crippen LogP contribution in [0.5, 0.6) is 0 Å². The number of halogens is 2. The average molecular weight is 453 g/mol. The van der Waals surface area contributed by atoms with Gasteiger partial charge in [-0.3, -0.25) is 14.9 Å². The van der Waals surface area contributed by atoms with Crippen molar-refractivity contribution in [3.63, 3.8) is 0 Å². The number of carbonyl (C=O) groups is 2. The lowest BCUT2D eigenvalue weighted by atomic mass is 10.2. The molecule has 0 aliphatic carbocycles. The molecule has 3 rings (SSSR count). The second-order valence-corrected chi connectivity index (χ2v) is 8.64. The Bertz CT molecular complexity index is 1030. The summed E-state index contributed by atoms with van der Waals surface area (Å²) in [5.41, 5.74) is 0.928. The summed E-state index contributed by atoms with van der Waals surface area (Å²) in [6.07, 6.45) is 0. The highest BCUT2D eigenvalue weighted by molar-refractivity contribution is 8.00. The number of hydrogen-bond acceptors (Lipinski definition) is 6. The van der Waals surface area contributed by atoms with Crippen LogP contribution in [0.25, 0.3) is 0 Å². The van der Waals surface area contributed by atoms with Gasteiger partial charge in [0.25, 0.3) is 5.91 Å². The molecule has 1 aromatic heterocycles. The number of carbonyl (C=O) groups excluding carboxylic acids is 2. The van der Waals surface area contributed by atoms with Crippen LogP contribution in [0, 0.1) is 6.92 Å². The zero-order valence-electron chi connectivity index (χ0n) is 14.5. The lowest BCUT2D eigenvalue weighted by Gasteiger charge is -2.09. The third kappa shape index (κ3) is 5.68. The van der Waals surface area contributed by atoms with Crippen molar-refractivity contribution in [2.24, 2.45) is 0 Å². The second-order valence-electron chi connectivity index (χ2n) is 5.57. The largest absolute Gasteiger partial charge is 0.322 e. The zero-order valence-corrected chi connectivity index (χ0v) is 17.7. The minimum atomic E-state index is -0.340. The van der Waals surface area contributed by atoms with E-state index in [2.05, 4.69) is 20.8 Å². The molecule has 0 radical (unpaired) electrons. The molecular weight excluding hydrogens is 439 g/mol. The Balaban J connectivity index is 1.59. The van der Waals surface area contributed by atoms with Gasteiger partial charge in [0, 0.05) is 15.6 Å². The standard InChI is InChI=1S/C18H14Cl2N4O2S2/c1-10-23-24-18(28-10)22-16(25)9-27-13-4-2-3-12(8-13)21-17(26)14-6-5-11(19)7-15(14)20/h2-8H,9H2,1H3,(H,21,26)(H,22,24,25). The van der Waals surface area contributed by atoms with E-state index in [4.69, 9.17) is 23.2 Å². The van der Waals surface area contributed by atoms with E-state index in [9.17, 15) is 9.59 Å². The summed E-state index contributed by atoms with van der Waals surface area (Å²) in [6, 6.07) is 11.9. The van der Waals surface area contributed by atoms with Crippen LogP contribution < -0.4 is 10.6 Å². The van der Waals surface area contributed by atoms with E-state index in [1.165, 1.54) is 29.2 Å². The van der Waals surface area contributed by atoms with Crippen molar-refractivity contribution in [2.45, 2.75) is 11.8 Å². The van der Waals surface area contributed by atoms with E-state index < -0.39 is 0 Å². The molecule has 10 heteroatoms. The van der Waals surface area contributed by atoms with Gasteiger partial charge in [-0.1, -0.05) is 40.6 Å². The van der Waals surface area contributed by atoms with Crippen molar-refractivity contribution >= 4 is 68.9 Å². The van der Waals surface area contributed by atoms with E-state index in [1.54, 1.807) is 30.3 Å². The molecule has 2 amide bonds. The van der Waals surface area contributed by atoms with Crippen molar-refractivity contribution in [3.8, 4) is 0 Å². The molecule has 0 unspecified atom stereocenters. The SMILES string of the molecule is Cc1nnc(NC(=O)CSc2cccc(NC(=O)c3ccc(Cl)cc3Cl)c2)s1. The Labute approximate surface area is 179 Å². The molecule has 0 aliphatic heterocycles.